The summed E-state index contributed by atoms with van der Waals surface area (Å²) in [5, 5.41) is 2.75. The van der Waals surface area contributed by atoms with Crippen LogP contribution in [-0.2, 0) is 12.6 Å². The van der Waals surface area contributed by atoms with Gasteiger partial charge in [-0.15, -0.1) is 0 Å². The lowest BCUT2D eigenvalue weighted by Crippen LogP contribution is -2.25. The number of carbonyl (C=O) groups is 1. The van der Waals surface area contributed by atoms with Crippen LogP contribution in [0.3, 0.4) is 0 Å². The van der Waals surface area contributed by atoms with Gasteiger partial charge in [-0.1, -0.05) is 0 Å². The van der Waals surface area contributed by atoms with Crippen molar-refractivity contribution >= 4 is 11.6 Å². The summed E-state index contributed by atoms with van der Waals surface area (Å²) in [6, 6.07) is 7.13. The summed E-state index contributed by atoms with van der Waals surface area (Å²) in [6.07, 6.45) is -1.53. The predicted octanol–water partition coefficient (Wildman–Crippen LogP) is 3.34. The Morgan fingerprint density at radius 2 is 1.79 bits per heavy atom. The molecule has 6 nitrogen and oxygen atoms in total. The molecule has 0 fully saturated rings. The Labute approximate surface area is 158 Å². The van der Waals surface area contributed by atoms with Gasteiger partial charge in [-0.3, -0.25) is 4.79 Å². The second-order valence-electron chi connectivity index (χ2n) is 6.02. The minimum absolute atomic E-state index is 0.272. The first-order valence-corrected chi connectivity index (χ1v) is 8.36. The fraction of sp³-hybridized carbons (Fsp3) is 0.263. The van der Waals surface area contributed by atoms with Gasteiger partial charge in [-0.05, 0) is 24.3 Å². The van der Waals surface area contributed by atoms with Crippen LogP contribution in [0.1, 0.15) is 21.6 Å². The number of pyridine rings is 1. The molecule has 0 saturated carbocycles. The van der Waals surface area contributed by atoms with Gasteiger partial charge in [-0.2, -0.15) is 13.2 Å². The highest BCUT2D eigenvalue weighted by Gasteiger charge is 2.30. The third-order valence-corrected chi connectivity index (χ3v) is 4.11. The van der Waals surface area contributed by atoms with Gasteiger partial charge in [0.2, 0.25) is 0 Å². The van der Waals surface area contributed by atoms with Crippen molar-refractivity contribution in [2.45, 2.75) is 12.6 Å². The van der Waals surface area contributed by atoms with Crippen LogP contribution in [-0.4, -0.2) is 36.1 Å². The van der Waals surface area contributed by atoms with Crippen molar-refractivity contribution in [3.05, 3.63) is 59.5 Å². The Morgan fingerprint density at radius 1 is 1.11 bits per heavy atom. The van der Waals surface area contributed by atoms with E-state index in [1.54, 1.807) is 18.2 Å². The van der Waals surface area contributed by atoms with E-state index in [1.807, 2.05) is 0 Å². The summed E-state index contributed by atoms with van der Waals surface area (Å²) in [5.74, 6) is 0.663. The molecule has 1 amide bonds. The quantitative estimate of drug-likeness (QED) is 0.698. The molecule has 3 aromatic rings. The first-order chi connectivity index (χ1) is 13.3. The second kappa shape index (κ2) is 7.79. The maximum absolute atomic E-state index is 12.8. The van der Waals surface area contributed by atoms with Crippen molar-refractivity contribution in [3.63, 3.8) is 0 Å². The van der Waals surface area contributed by atoms with Gasteiger partial charge in [-0.25, -0.2) is 4.98 Å². The van der Waals surface area contributed by atoms with Crippen molar-refractivity contribution in [2.24, 2.45) is 0 Å². The molecule has 2 aromatic heterocycles. The number of ether oxygens (including phenoxy) is 2. The van der Waals surface area contributed by atoms with Crippen LogP contribution in [0.5, 0.6) is 11.5 Å². The standard InChI is InChI=1S/C19H18F3N3O3/c1-27-15-7-12(8-16(9-15)28-2)18(26)23-6-5-14-11-25-10-13(19(20,21)22)3-4-17(25)24-14/h3-4,7-11H,5-6H2,1-2H3,(H,23,26). The number of fused-ring (bicyclic) bond motifs is 1. The van der Waals surface area contributed by atoms with Crippen molar-refractivity contribution in [3.8, 4) is 11.5 Å². The zero-order chi connectivity index (χ0) is 20.3. The van der Waals surface area contributed by atoms with E-state index < -0.39 is 11.7 Å². The smallest absolute Gasteiger partial charge is 0.417 e. The third kappa shape index (κ3) is 4.36. The van der Waals surface area contributed by atoms with Crippen LogP contribution < -0.4 is 14.8 Å². The molecule has 0 atom stereocenters. The molecule has 148 valence electrons. The highest BCUT2D eigenvalue weighted by molar-refractivity contribution is 5.95. The van der Waals surface area contributed by atoms with Gasteiger partial charge in [0, 0.05) is 37.0 Å². The van der Waals surface area contributed by atoms with E-state index in [-0.39, 0.29) is 12.5 Å². The molecule has 0 bridgehead atoms. The monoisotopic (exact) mass is 393 g/mol. The Balaban J connectivity index is 1.65. The number of nitrogens with one attached hydrogen (secondary N) is 1. The lowest BCUT2D eigenvalue weighted by Gasteiger charge is -2.09. The number of methoxy groups -OCH3 is 2. The van der Waals surface area contributed by atoms with Crippen LogP contribution in [0.4, 0.5) is 13.2 Å². The molecule has 0 saturated heterocycles. The molecule has 0 aliphatic heterocycles. The molecule has 1 N–H and O–H groups in total. The lowest BCUT2D eigenvalue weighted by molar-refractivity contribution is -0.137. The molecule has 0 aliphatic rings. The molecule has 0 radical (unpaired) electrons. The van der Waals surface area contributed by atoms with Crippen molar-refractivity contribution in [1.82, 2.24) is 14.7 Å². The number of carbonyl (C=O) groups excluding carboxylic acids is 1. The Hall–Kier alpha value is -3.23. The lowest BCUT2D eigenvalue weighted by atomic mass is 10.2. The summed E-state index contributed by atoms with van der Waals surface area (Å²) in [5.41, 5.74) is 0.611. The number of amides is 1. The number of hydrogen-bond acceptors (Lipinski definition) is 4. The Bertz CT molecular complexity index is 977. The van der Waals surface area contributed by atoms with E-state index in [0.717, 1.165) is 12.3 Å². The summed E-state index contributed by atoms with van der Waals surface area (Å²) in [4.78, 5) is 16.6. The van der Waals surface area contributed by atoms with E-state index in [1.165, 1.54) is 30.9 Å². The average molecular weight is 393 g/mol. The van der Waals surface area contributed by atoms with E-state index in [9.17, 15) is 18.0 Å². The fourth-order valence-corrected chi connectivity index (χ4v) is 2.68. The molecule has 2 heterocycles. The van der Waals surface area contributed by atoms with E-state index in [0.29, 0.717) is 34.8 Å². The normalized spacial score (nSPS) is 11.5. The average Bonchev–Trinajstić information content (AvgIpc) is 3.08. The summed E-state index contributed by atoms with van der Waals surface area (Å²) in [7, 11) is 2.98. The predicted molar refractivity (Wildman–Crippen MR) is 95.8 cm³/mol. The van der Waals surface area contributed by atoms with Crippen LogP contribution in [0, 0.1) is 0 Å². The summed E-state index contributed by atoms with van der Waals surface area (Å²) < 4.78 is 50.0. The van der Waals surface area contributed by atoms with Crippen molar-refractivity contribution in [2.75, 3.05) is 20.8 Å². The molecule has 3 rings (SSSR count). The van der Waals surface area contributed by atoms with E-state index in [4.69, 9.17) is 9.47 Å². The number of alkyl halides is 3. The van der Waals surface area contributed by atoms with Crippen molar-refractivity contribution < 1.29 is 27.4 Å². The Morgan fingerprint density at radius 3 is 2.39 bits per heavy atom. The van der Waals surface area contributed by atoms with Crippen LogP contribution in [0.25, 0.3) is 5.65 Å². The number of halogens is 3. The van der Waals surface area contributed by atoms with E-state index in [2.05, 4.69) is 10.3 Å². The number of hydrogen-bond donors (Lipinski definition) is 1. The largest absolute Gasteiger partial charge is 0.497 e. The van der Waals surface area contributed by atoms with Gasteiger partial charge in [0.25, 0.3) is 5.91 Å². The molecular weight excluding hydrogens is 375 g/mol. The maximum Gasteiger partial charge on any atom is 0.417 e. The SMILES string of the molecule is COc1cc(OC)cc(C(=O)NCCc2cn3cc(C(F)(F)F)ccc3n2)c1. The topological polar surface area (TPSA) is 64.9 Å². The molecule has 9 heteroatoms. The zero-order valence-corrected chi connectivity index (χ0v) is 15.2. The molecule has 0 aliphatic carbocycles. The van der Waals surface area contributed by atoms with Gasteiger partial charge in [0.1, 0.15) is 17.1 Å². The molecule has 1 aromatic carbocycles. The number of rotatable bonds is 6. The van der Waals surface area contributed by atoms with Gasteiger partial charge < -0.3 is 19.2 Å². The minimum atomic E-state index is -4.41. The highest BCUT2D eigenvalue weighted by atomic mass is 19.4. The van der Waals surface area contributed by atoms with Crippen molar-refractivity contribution in [1.29, 1.82) is 0 Å². The third-order valence-electron chi connectivity index (χ3n) is 4.11. The minimum Gasteiger partial charge on any atom is -0.497 e. The van der Waals surface area contributed by atoms with Crippen LogP contribution >= 0.6 is 0 Å². The maximum atomic E-state index is 12.8. The Kier molecular flexibility index (Phi) is 5.43. The fourth-order valence-electron chi connectivity index (χ4n) is 2.68. The molecule has 0 unspecified atom stereocenters. The van der Waals surface area contributed by atoms with Crippen LogP contribution in [0.15, 0.2) is 42.7 Å². The zero-order valence-electron chi connectivity index (χ0n) is 15.2. The first kappa shape index (κ1) is 19.5. The summed E-state index contributed by atoms with van der Waals surface area (Å²) in [6.45, 7) is 0.272. The molecular formula is C19H18F3N3O3. The number of imidazole rings is 1. The number of benzene rings is 1. The number of nitrogens with zero attached hydrogens (tertiary/aromatic N) is 2. The molecule has 28 heavy (non-hydrogen) atoms. The van der Waals surface area contributed by atoms with Gasteiger partial charge in [0.05, 0.1) is 25.5 Å². The first-order valence-electron chi connectivity index (χ1n) is 8.36. The second-order valence-corrected chi connectivity index (χ2v) is 6.02. The van der Waals surface area contributed by atoms with E-state index >= 15 is 0 Å². The highest BCUT2D eigenvalue weighted by Crippen LogP contribution is 2.29. The van der Waals surface area contributed by atoms with Gasteiger partial charge in [0.15, 0.2) is 0 Å². The summed E-state index contributed by atoms with van der Waals surface area (Å²) >= 11 is 0. The molecule has 0 spiro atoms. The van der Waals surface area contributed by atoms with Gasteiger partial charge >= 0.3 is 6.18 Å². The van der Waals surface area contributed by atoms with Crippen LogP contribution in [0.2, 0.25) is 0 Å². The number of aromatic nitrogens is 2.